The summed E-state index contributed by atoms with van der Waals surface area (Å²) < 4.78 is 5.03. The fourth-order valence-corrected chi connectivity index (χ4v) is 2.23. The van der Waals surface area contributed by atoms with E-state index in [-0.39, 0.29) is 6.54 Å². The van der Waals surface area contributed by atoms with Gasteiger partial charge in [-0.2, -0.15) is 0 Å². The standard InChI is InChI=1S/C19H19ClN2O4/c1-12-8-9-15(10-16(12)20)22-18(24)13(2)26-17(23)11-21-19(25)14-6-4-3-5-7-14/h3-10,13H,11H2,1-2H3,(H,21,25)(H,22,24)/t13-/m1/s1. The van der Waals surface area contributed by atoms with Gasteiger partial charge in [0.1, 0.15) is 6.54 Å². The van der Waals surface area contributed by atoms with Crippen LogP contribution < -0.4 is 10.6 Å². The number of carbonyl (C=O) groups excluding carboxylic acids is 3. The summed E-state index contributed by atoms with van der Waals surface area (Å²) in [6, 6.07) is 13.6. The molecular formula is C19H19ClN2O4. The zero-order valence-corrected chi connectivity index (χ0v) is 15.2. The van der Waals surface area contributed by atoms with E-state index in [1.54, 1.807) is 48.5 Å². The van der Waals surface area contributed by atoms with Crippen LogP contribution in [0, 0.1) is 6.92 Å². The van der Waals surface area contributed by atoms with Crippen molar-refractivity contribution in [1.82, 2.24) is 5.32 Å². The van der Waals surface area contributed by atoms with Gasteiger partial charge in [-0.15, -0.1) is 0 Å². The summed E-state index contributed by atoms with van der Waals surface area (Å²) >= 11 is 6.01. The number of aryl methyl sites for hydroxylation is 1. The summed E-state index contributed by atoms with van der Waals surface area (Å²) in [7, 11) is 0. The van der Waals surface area contributed by atoms with Crippen molar-refractivity contribution in [3.05, 3.63) is 64.7 Å². The minimum atomic E-state index is -1.02. The Labute approximate surface area is 156 Å². The first-order chi connectivity index (χ1) is 12.4. The Morgan fingerprint density at radius 2 is 1.81 bits per heavy atom. The van der Waals surface area contributed by atoms with Crippen LogP contribution >= 0.6 is 11.6 Å². The average Bonchev–Trinajstić information content (AvgIpc) is 2.63. The van der Waals surface area contributed by atoms with Gasteiger partial charge in [0.2, 0.25) is 0 Å². The van der Waals surface area contributed by atoms with Crippen LogP contribution in [0.15, 0.2) is 48.5 Å². The van der Waals surface area contributed by atoms with Crippen LogP contribution in [0.5, 0.6) is 0 Å². The predicted molar refractivity (Wildman–Crippen MR) is 99.1 cm³/mol. The number of hydrogen-bond donors (Lipinski definition) is 2. The highest BCUT2D eigenvalue weighted by molar-refractivity contribution is 6.31. The molecule has 0 aliphatic carbocycles. The van der Waals surface area contributed by atoms with Crippen molar-refractivity contribution in [2.75, 3.05) is 11.9 Å². The molecule has 136 valence electrons. The van der Waals surface area contributed by atoms with E-state index in [0.29, 0.717) is 16.3 Å². The van der Waals surface area contributed by atoms with Gasteiger partial charge in [-0.3, -0.25) is 14.4 Å². The second-order valence-electron chi connectivity index (χ2n) is 5.63. The zero-order chi connectivity index (χ0) is 19.1. The Morgan fingerprint density at radius 1 is 1.12 bits per heavy atom. The number of ether oxygens (including phenoxy) is 1. The zero-order valence-electron chi connectivity index (χ0n) is 14.4. The maximum absolute atomic E-state index is 12.1. The molecule has 2 rings (SSSR count). The fourth-order valence-electron chi connectivity index (χ4n) is 2.05. The summed E-state index contributed by atoms with van der Waals surface area (Å²) in [5.41, 5.74) is 1.83. The van der Waals surface area contributed by atoms with Crippen molar-refractivity contribution in [2.45, 2.75) is 20.0 Å². The number of halogens is 1. The van der Waals surface area contributed by atoms with E-state index < -0.39 is 23.9 Å². The highest BCUT2D eigenvalue weighted by atomic mass is 35.5. The first kappa shape index (κ1) is 19.5. The molecule has 7 heteroatoms. The molecule has 26 heavy (non-hydrogen) atoms. The highest BCUT2D eigenvalue weighted by Gasteiger charge is 2.18. The molecule has 0 unspecified atom stereocenters. The molecule has 0 fully saturated rings. The Balaban J connectivity index is 1.81. The van der Waals surface area contributed by atoms with Crippen molar-refractivity contribution in [3.63, 3.8) is 0 Å². The van der Waals surface area contributed by atoms with Crippen LogP contribution in [0.3, 0.4) is 0 Å². The van der Waals surface area contributed by atoms with E-state index in [0.717, 1.165) is 5.56 Å². The van der Waals surface area contributed by atoms with Crippen molar-refractivity contribution in [1.29, 1.82) is 0 Å². The van der Waals surface area contributed by atoms with Crippen LogP contribution in [0.1, 0.15) is 22.8 Å². The van der Waals surface area contributed by atoms with Crippen molar-refractivity contribution in [2.24, 2.45) is 0 Å². The maximum Gasteiger partial charge on any atom is 0.326 e. The van der Waals surface area contributed by atoms with Gasteiger partial charge >= 0.3 is 5.97 Å². The topological polar surface area (TPSA) is 84.5 Å². The highest BCUT2D eigenvalue weighted by Crippen LogP contribution is 2.20. The third-order valence-corrected chi connectivity index (χ3v) is 3.95. The molecule has 0 spiro atoms. The first-order valence-corrected chi connectivity index (χ1v) is 8.34. The molecule has 6 nitrogen and oxygen atoms in total. The Morgan fingerprint density at radius 3 is 2.46 bits per heavy atom. The number of anilines is 1. The lowest BCUT2D eigenvalue weighted by molar-refractivity contribution is -0.152. The molecule has 0 aromatic heterocycles. The van der Waals surface area contributed by atoms with Crippen LogP contribution in [0.25, 0.3) is 0 Å². The number of rotatable bonds is 6. The number of amides is 2. The molecule has 0 aliphatic rings. The first-order valence-electron chi connectivity index (χ1n) is 7.96. The molecule has 2 aromatic rings. The largest absolute Gasteiger partial charge is 0.451 e. The summed E-state index contributed by atoms with van der Waals surface area (Å²) in [6.45, 7) is 2.96. The minimum absolute atomic E-state index is 0.332. The van der Waals surface area contributed by atoms with Gasteiger partial charge in [-0.1, -0.05) is 35.9 Å². The summed E-state index contributed by atoms with van der Waals surface area (Å²) in [6.07, 6.45) is -1.02. The second kappa shape index (κ2) is 9.01. The maximum atomic E-state index is 12.1. The normalized spacial score (nSPS) is 11.3. The van der Waals surface area contributed by atoms with Gasteiger partial charge in [0.05, 0.1) is 0 Å². The second-order valence-corrected chi connectivity index (χ2v) is 6.04. The van der Waals surface area contributed by atoms with Crippen molar-refractivity contribution in [3.8, 4) is 0 Å². The summed E-state index contributed by atoms with van der Waals surface area (Å²) in [4.78, 5) is 35.8. The van der Waals surface area contributed by atoms with E-state index in [9.17, 15) is 14.4 Å². The Kier molecular flexibility index (Phi) is 6.74. The molecule has 0 heterocycles. The number of benzene rings is 2. The molecule has 0 radical (unpaired) electrons. The lowest BCUT2D eigenvalue weighted by Gasteiger charge is -2.14. The van der Waals surface area contributed by atoms with Crippen molar-refractivity contribution < 1.29 is 19.1 Å². The summed E-state index contributed by atoms with van der Waals surface area (Å²) in [5, 5.41) is 5.59. The number of carbonyl (C=O) groups is 3. The van der Waals surface area contributed by atoms with Crippen LogP contribution in [0.4, 0.5) is 5.69 Å². The Bertz CT molecular complexity index is 808. The van der Waals surface area contributed by atoms with Crippen LogP contribution in [-0.2, 0) is 14.3 Å². The molecule has 1 atom stereocenters. The van der Waals surface area contributed by atoms with Gasteiger partial charge in [-0.05, 0) is 43.7 Å². The quantitative estimate of drug-likeness (QED) is 0.761. The summed E-state index contributed by atoms with van der Waals surface area (Å²) in [5.74, 6) is -1.60. The van der Waals surface area contributed by atoms with Crippen LogP contribution in [0.2, 0.25) is 5.02 Å². The predicted octanol–water partition coefficient (Wildman–Crippen LogP) is 2.95. The van der Waals surface area contributed by atoms with Crippen molar-refractivity contribution >= 4 is 35.1 Å². The van der Waals surface area contributed by atoms with Gasteiger partial charge in [-0.25, -0.2) is 0 Å². The lowest BCUT2D eigenvalue weighted by Crippen LogP contribution is -2.35. The minimum Gasteiger partial charge on any atom is -0.451 e. The van der Waals surface area contributed by atoms with Gasteiger partial charge in [0.15, 0.2) is 6.10 Å². The molecule has 0 aliphatic heterocycles. The van der Waals surface area contributed by atoms with E-state index in [2.05, 4.69) is 10.6 Å². The van der Waals surface area contributed by atoms with Gasteiger partial charge in [0, 0.05) is 16.3 Å². The molecule has 2 aromatic carbocycles. The lowest BCUT2D eigenvalue weighted by atomic mass is 10.2. The number of esters is 1. The van der Waals surface area contributed by atoms with E-state index >= 15 is 0 Å². The fraction of sp³-hybridized carbons (Fsp3) is 0.211. The average molecular weight is 375 g/mol. The van der Waals surface area contributed by atoms with E-state index in [1.807, 2.05) is 6.92 Å². The third-order valence-electron chi connectivity index (χ3n) is 3.55. The number of nitrogens with one attached hydrogen (secondary N) is 2. The van der Waals surface area contributed by atoms with E-state index in [1.165, 1.54) is 6.92 Å². The molecule has 2 N–H and O–H groups in total. The monoisotopic (exact) mass is 374 g/mol. The Hall–Kier alpha value is -2.86. The molecule has 0 bridgehead atoms. The molecule has 0 saturated carbocycles. The van der Waals surface area contributed by atoms with E-state index in [4.69, 9.17) is 16.3 Å². The smallest absolute Gasteiger partial charge is 0.326 e. The van der Waals surface area contributed by atoms with Gasteiger partial charge in [0.25, 0.3) is 11.8 Å². The molecule has 0 saturated heterocycles. The SMILES string of the molecule is Cc1ccc(NC(=O)[C@@H](C)OC(=O)CNC(=O)c2ccccc2)cc1Cl. The van der Waals surface area contributed by atoms with Gasteiger partial charge < -0.3 is 15.4 Å². The molecular weight excluding hydrogens is 356 g/mol. The van der Waals surface area contributed by atoms with Crippen LogP contribution in [-0.4, -0.2) is 30.4 Å². The third kappa shape index (κ3) is 5.60. The molecule has 2 amide bonds. The number of hydrogen-bond acceptors (Lipinski definition) is 4.